The Labute approximate surface area is 146 Å². The first-order valence-corrected chi connectivity index (χ1v) is 9.54. The first-order chi connectivity index (χ1) is 11.3. The number of rotatable bonds is 6. The van der Waals surface area contributed by atoms with Gasteiger partial charge < -0.3 is 4.90 Å². The average Bonchev–Trinajstić information content (AvgIpc) is 3.13. The third-order valence-corrected chi connectivity index (χ3v) is 6.55. The predicted molar refractivity (Wildman–Crippen MR) is 93.2 cm³/mol. The second-order valence-corrected chi connectivity index (χ2v) is 8.15. The van der Waals surface area contributed by atoms with E-state index in [9.17, 15) is 13.2 Å². The second kappa shape index (κ2) is 7.43. The average molecular weight is 368 g/mol. The lowest BCUT2D eigenvalue weighted by atomic mass is 10.1. The van der Waals surface area contributed by atoms with Crippen LogP contribution in [-0.4, -0.2) is 44.9 Å². The molecule has 0 saturated heterocycles. The lowest BCUT2D eigenvalue weighted by Gasteiger charge is -2.24. The fourth-order valence-electron chi connectivity index (χ4n) is 2.14. The van der Waals surface area contributed by atoms with E-state index in [-0.39, 0.29) is 16.8 Å². The van der Waals surface area contributed by atoms with Crippen molar-refractivity contribution in [3.05, 3.63) is 52.2 Å². The van der Waals surface area contributed by atoms with Crippen molar-refractivity contribution in [3.8, 4) is 0 Å². The van der Waals surface area contributed by atoms with Crippen LogP contribution in [0.3, 0.4) is 0 Å². The van der Waals surface area contributed by atoms with E-state index in [1.54, 1.807) is 35.4 Å². The number of carbonyl (C=O) groups excluding carboxylic acids is 1. The molecule has 1 atom stereocenters. The predicted octanol–water partition coefficient (Wildman–Crippen LogP) is 2.76. The summed E-state index contributed by atoms with van der Waals surface area (Å²) in [6.07, 6.45) is 0. The third-order valence-electron chi connectivity index (χ3n) is 3.83. The molecule has 0 N–H and O–H groups in total. The highest BCUT2D eigenvalue weighted by Gasteiger charge is 2.24. The number of hydroxylamine groups is 1. The van der Waals surface area contributed by atoms with Crippen LogP contribution in [0, 0.1) is 0 Å². The van der Waals surface area contributed by atoms with Crippen LogP contribution in [0.2, 0.25) is 0 Å². The molecule has 0 aliphatic rings. The summed E-state index contributed by atoms with van der Waals surface area (Å²) in [6, 6.07) is 9.75. The highest BCUT2D eigenvalue weighted by molar-refractivity contribution is 7.89. The van der Waals surface area contributed by atoms with Crippen molar-refractivity contribution in [3.63, 3.8) is 0 Å². The van der Waals surface area contributed by atoms with Gasteiger partial charge in [0.1, 0.15) is 0 Å². The standard InChI is InChI=1S/C16H20N2O4S2/c1-12(15-9-6-10-23-15)17(2)16(19)13-7-5-8-14(11-13)24(20,21)18(3)22-4/h5-12H,1-4H3. The number of hydrogen-bond acceptors (Lipinski definition) is 5. The molecule has 1 amide bonds. The Morgan fingerprint density at radius 2 is 1.92 bits per heavy atom. The van der Waals surface area contributed by atoms with Gasteiger partial charge in [-0.2, -0.15) is 0 Å². The van der Waals surface area contributed by atoms with Gasteiger partial charge in [0.2, 0.25) is 0 Å². The van der Waals surface area contributed by atoms with Crippen LogP contribution >= 0.6 is 11.3 Å². The van der Waals surface area contributed by atoms with Crippen LogP contribution < -0.4 is 0 Å². The fraction of sp³-hybridized carbons (Fsp3) is 0.312. The molecular formula is C16H20N2O4S2. The number of hydrogen-bond donors (Lipinski definition) is 0. The van der Waals surface area contributed by atoms with Crippen LogP contribution in [-0.2, 0) is 14.9 Å². The molecule has 2 aromatic rings. The Morgan fingerprint density at radius 3 is 2.50 bits per heavy atom. The molecule has 1 aromatic carbocycles. The van der Waals surface area contributed by atoms with Crippen molar-refractivity contribution in [2.75, 3.05) is 21.2 Å². The van der Waals surface area contributed by atoms with Crippen LogP contribution in [0.5, 0.6) is 0 Å². The second-order valence-electron chi connectivity index (χ2n) is 5.23. The van der Waals surface area contributed by atoms with Gasteiger partial charge in [-0.15, -0.1) is 11.3 Å². The lowest BCUT2D eigenvalue weighted by molar-refractivity contribution is -0.0258. The van der Waals surface area contributed by atoms with Crippen LogP contribution in [0.25, 0.3) is 0 Å². The minimum atomic E-state index is -3.79. The number of sulfonamides is 1. The molecule has 130 valence electrons. The normalized spacial score (nSPS) is 13.0. The lowest BCUT2D eigenvalue weighted by Crippen LogP contribution is -2.30. The molecule has 1 aromatic heterocycles. The molecule has 1 heterocycles. The molecule has 0 spiro atoms. The topological polar surface area (TPSA) is 66.9 Å². The van der Waals surface area contributed by atoms with Crippen molar-refractivity contribution in [2.45, 2.75) is 17.9 Å². The van der Waals surface area contributed by atoms with Gasteiger partial charge in [0, 0.05) is 24.5 Å². The Morgan fingerprint density at radius 1 is 1.21 bits per heavy atom. The van der Waals surface area contributed by atoms with Crippen molar-refractivity contribution in [1.82, 2.24) is 9.37 Å². The summed E-state index contributed by atoms with van der Waals surface area (Å²) >= 11 is 1.57. The van der Waals surface area contributed by atoms with Gasteiger partial charge in [-0.1, -0.05) is 16.6 Å². The Bertz CT molecular complexity index is 803. The molecule has 0 bridgehead atoms. The van der Waals surface area contributed by atoms with Crippen molar-refractivity contribution in [1.29, 1.82) is 0 Å². The quantitative estimate of drug-likeness (QED) is 0.736. The van der Waals surface area contributed by atoms with Crippen molar-refractivity contribution in [2.24, 2.45) is 0 Å². The molecular weight excluding hydrogens is 348 g/mol. The summed E-state index contributed by atoms with van der Waals surface area (Å²) in [4.78, 5) is 20.1. The van der Waals surface area contributed by atoms with Crippen LogP contribution in [0.4, 0.5) is 0 Å². The van der Waals surface area contributed by atoms with E-state index in [4.69, 9.17) is 4.84 Å². The highest BCUT2D eigenvalue weighted by Crippen LogP contribution is 2.25. The number of benzene rings is 1. The van der Waals surface area contributed by atoms with Crippen molar-refractivity contribution < 1.29 is 18.0 Å². The first kappa shape index (κ1) is 18.6. The van der Waals surface area contributed by atoms with E-state index < -0.39 is 10.0 Å². The fourth-order valence-corrected chi connectivity index (χ4v) is 3.98. The van der Waals surface area contributed by atoms with Gasteiger partial charge in [0.05, 0.1) is 18.0 Å². The summed E-state index contributed by atoms with van der Waals surface area (Å²) in [6.45, 7) is 1.93. The molecule has 6 nitrogen and oxygen atoms in total. The molecule has 0 saturated carbocycles. The molecule has 24 heavy (non-hydrogen) atoms. The Hall–Kier alpha value is -1.74. The van der Waals surface area contributed by atoms with Gasteiger partial charge in [-0.3, -0.25) is 9.63 Å². The van der Waals surface area contributed by atoms with Gasteiger partial charge in [-0.05, 0) is 36.6 Å². The number of nitrogens with zero attached hydrogens (tertiary/aromatic N) is 2. The van der Waals surface area contributed by atoms with E-state index in [1.807, 2.05) is 24.4 Å². The maximum Gasteiger partial charge on any atom is 0.264 e. The minimum absolute atomic E-state index is 0.00915. The summed E-state index contributed by atoms with van der Waals surface area (Å²) in [5.41, 5.74) is 0.312. The Balaban J connectivity index is 2.30. The molecule has 0 fully saturated rings. The number of thiophene rings is 1. The van der Waals surface area contributed by atoms with Gasteiger partial charge in [0.15, 0.2) is 0 Å². The zero-order chi connectivity index (χ0) is 17.9. The van der Waals surface area contributed by atoms with Gasteiger partial charge in [0.25, 0.3) is 15.9 Å². The van der Waals surface area contributed by atoms with Crippen LogP contribution in [0.15, 0.2) is 46.7 Å². The number of amides is 1. The summed E-state index contributed by atoms with van der Waals surface area (Å²) < 4.78 is 25.4. The van der Waals surface area contributed by atoms with E-state index in [0.717, 1.165) is 9.35 Å². The third kappa shape index (κ3) is 3.67. The van der Waals surface area contributed by atoms with Crippen molar-refractivity contribution >= 4 is 27.3 Å². The zero-order valence-corrected chi connectivity index (χ0v) is 15.6. The van der Waals surface area contributed by atoms with Crippen LogP contribution in [0.1, 0.15) is 28.2 Å². The number of carbonyl (C=O) groups is 1. The molecule has 0 radical (unpaired) electrons. The molecule has 0 aliphatic carbocycles. The molecule has 0 aliphatic heterocycles. The molecule has 2 rings (SSSR count). The summed E-state index contributed by atoms with van der Waals surface area (Å²) in [7, 11) is 0.479. The van der Waals surface area contributed by atoms with E-state index in [2.05, 4.69) is 0 Å². The maximum atomic E-state index is 12.7. The monoisotopic (exact) mass is 368 g/mol. The summed E-state index contributed by atoms with van der Waals surface area (Å²) in [5.74, 6) is -0.243. The highest BCUT2D eigenvalue weighted by atomic mass is 32.2. The van der Waals surface area contributed by atoms with E-state index >= 15 is 0 Å². The van der Waals surface area contributed by atoms with E-state index in [0.29, 0.717) is 5.56 Å². The molecule has 1 unspecified atom stereocenters. The Kier molecular flexibility index (Phi) is 5.76. The SMILES string of the molecule is CON(C)S(=O)(=O)c1cccc(C(=O)N(C)C(C)c2cccs2)c1. The largest absolute Gasteiger partial charge is 0.334 e. The smallest absolute Gasteiger partial charge is 0.264 e. The van der Waals surface area contributed by atoms with E-state index in [1.165, 1.54) is 26.3 Å². The zero-order valence-electron chi connectivity index (χ0n) is 14.0. The molecule has 8 heteroatoms. The maximum absolute atomic E-state index is 12.7. The van der Waals surface area contributed by atoms with Gasteiger partial charge in [-0.25, -0.2) is 8.42 Å². The van der Waals surface area contributed by atoms with Gasteiger partial charge >= 0.3 is 0 Å². The summed E-state index contributed by atoms with van der Waals surface area (Å²) in [5, 5.41) is 1.96. The first-order valence-electron chi connectivity index (χ1n) is 7.22. The minimum Gasteiger partial charge on any atom is -0.334 e.